The number of hydrogen-bond acceptors (Lipinski definition) is 6. The number of ether oxygens (including phenoxy) is 1. The lowest BCUT2D eigenvalue weighted by Crippen LogP contribution is -2.13. The summed E-state index contributed by atoms with van der Waals surface area (Å²) in [5.41, 5.74) is 1.52. The van der Waals surface area contributed by atoms with Gasteiger partial charge in [0, 0.05) is 6.54 Å². The maximum Gasteiger partial charge on any atom is 0.213 e. The van der Waals surface area contributed by atoms with Gasteiger partial charge in [-0.25, -0.2) is 0 Å². The van der Waals surface area contributed by atoms with Crippen LogP contribution in [-0.4, -0.2) is 17.3 Å². The monoisotopic (exact) mass is 244 g/mol. The minimum atomic E-state index is 0.518. The summed E-state index contributed by atoms with van der Waals surface area (Å²) < 4.78 is 9.70. The second kappa shape index (κ2) is 5.80. The van der Waals surface area contributed by atoms with Gasteiger partial charge >= 0.3 is 0 Å². The Balaban J connectivity index is 1.96. The second-order valence-corrected chi connectivity index (χ2v) is 3.60. The van der Waals surface area contributed by atoms with Gasteiger partial charge in [0.2, 0.25) is 6.39 Å². The molecule has 0 aliphatic carbocycles. The van der Waals surface area contributed by atoms with E-state index in [-0.39, 0.29) is 0 Å². The van der Waals surface area contributed by atoms with Crippen molar-refractivity contribution in [3.63, 3.8) is 0 Å². The number of methoxy groups -OCH3 is 1. The zero-order valence-corrected chi connectivity index (χ0v) is 9.88. The van der Waals surface area contributed by atoms with Gasteiger partial charge in [0.15, 0.2) is 5.82 Å². The molecule has 0 saturated carbocycles. The molecular weight excluding hydrogens is 232 g/mol. The molecule has 0 bridgehead atoms. The van der Waals surface area contributed by atoms with Crippen LogP contribution < -0.4 is 10.1 Å². The second-order valence-electron chi connectivity index (χ2n) is 3.60. The van der Waals surface area contributed by atoms with Crippen LogP contribution in [0.5, 0.6) is 5.75 Å². The first-order valence-corrected chi connectivity index (χ1v) is 5.36. The summed E-state index contributed by atoms with van der Waals surface area (Å²) in [5, 5.41) is 15.8. The Kier molecular flexibility index (Phi) is 3.89. The van der Waals surface area contributed by atoms with E-state index in [2.05, 4.69) is 26.0 Å². The van der Waals surface area contributed by atoms with Crippen LogP contribution in [0, 0.1) is 11.3 Å². The van der Waals surface area contributed by atoms with Crippen LogP contribution in [0.3, 0.4) is 0 Å². The molecule has 6 nitrogen and oxygen atoms in total. The molecule has 0 atom stereocenters. The molecular formula is C12H12N4O2. The summed E-state index contributed by atoms with van der Waals surface area (Å²) in [5.74, 6) is 1.18. The van der Waals surface area contributed by atoms with Gasteiger partial charge in [-0.05, 0) is 17.7 Å². The van der Waals surface area contributed by atoms with Crippen LogP contribution in [0.25, 0.3) is 0 Å². The first-order valence-electron chi connectivity index (χ1n) is 5.36. The number of aromatic nitrogens is 2. The maximum absolute atomic E-state index is 8.97. The van der Waals surface area contributed by atoms with Gasteiger partial charge in [-0.15, -0.1) is 0 Å². The average molecular weight is 244 g/mol. The fourth-order valence-electron chi connectivity index (χ4n) is 1.54. The topological polar surface area (TPSA) is 84.0 Å². The number of benzene rings is 1. The molecule has 1 aromatic heterocycles. The molecule has 2 rings (SSSR count). The molecule has 0 saturated heterocycles. The van der Waals surface area contributed by atoms with Crippen molar-refractivity contribution < 1.29 is 9.26 Å². The summed E-state index contributed by atoms with van der Waals surface area (Å²) in [6.07, 6.45) is 1.29. The SMILES string of the molecule is COc1ccc(CNCc2ncon2)cc1C#N. The van der Waals surface area contributed by atoms with Crippen molar-refractivity contribution in [3.8, 4) is 11.8 Å². The van der Waals surface area contributed by atoms with E-state index in [0.717, 1.165) is 5.56 Å². The van der Waals surface area contributed by atoms with E-state index in [9.17, 15) is 0 Å². The van der Waals surface area contributed by atoms with Gasteiger partial charge in [0.1, 0.15) is 11.8 Å². The van der Waals surface area contributed by atoms with Crippen molar-refractivity contribution in [1.82, 2.24) is 15.5 Å². The van der Waals surface area contributed by atoms with E-state index < -0.39 is 0 Å². The minimum absolute atomic E-state index is 0.518. The molecule has 1 aromatic carbocycles. The van der Waals surface area contributed by atoms with Crippen LogP contribution in [-0.2, 0) is 13.1 Å². The van der Waals surface area contributed by atoms with Crippen LogP contribution >= 0.6 is 0 Å². The highest BCUT2D eigenvalue weighted by atomic mass is 16.5. The molecule has 6 heteroatoms. The molecule has 0 fully saturated rings. The molecule has 1 heterocycles. The van der Waals surface area contributed by atoms with Crippen molar-refractivity contribution in [3.05, 3.63) is 41.5 Å². The van der Waals surface area contributed by atoms with Crippen LogP contribution in [0.1, 0.15) is 17.0 Å². The Morgan fingerprint density at radius 3 is 3.00 bits per heavy atom. The van der Waals surface area contributed by atoms with Crippen LogP contribution in [0.4, 0.5) is 0 Å². The van der Waals surface area contributed by atoms with Crippen molar-refractivity contribution >= 4 is 0 Å². The first kappa shape index (κ1) is 12.1. The average Bonchev–Trinajstić information content (AvgIpc) is 2.91. The van der Waals surface area contributed by atoms with Gasteiger partial charge in [0.25, 0.3) is 0 Å². The zero-order chi connectivity index (χ0) is 12.8. The van der Waals surface area contributed by atoms with Crippen molar-refractivity contribution in [2.75, 3.05) is 7.11 Å². The molecule has 92 valence electrons. The highest BCUT2D eigenvalue weighted by Crippen LogP contribution is 2.18. The Hall–Kier alpha value is -2.39. The van der Waals surface area contributed by atoms with Crippen molar-refractivity contribution in [2.24, 2.45) is 0 Å². The van der Waals surface area contributed by atoms with E-state index in [1.165, 1.54) is 6.39 Å². The summed E-state index contributed by atoms with van der Waals surface area (Å²) in [6, 6.07) is 7.58. The summed E-state index contributed by atoms with van der Waals surface area (Å²) in [4.78, 5) is 3.90. The smallest absolute Gasteiger partial charge is 0.213 e. The lowest BCUT2D eigenvalue weighted by Gasteiger charge is -2.06. The molecule has 0 radical (unpaired) electrons. The minimum Gasteiger partial charge on any atom is -0.495 e. The summed E-state index contributed by atoms with van der Waals surface area (Å²) in [6.45, 7) is 1.14. The van der Waals surface area contributed by atoms with Crippen molar-refractivity contribution in [1.29, 1.82) is 5.26 Å². The van der Waals surface area contributed by atoms with Gasteiger partial charge in [-0.1, -0.05) is 11.2 Å². The van der Waals surface area contributed by atoms with E-state index in [4.69, 9.17) is 10.00 Å². The zero-order valence-electron chi connectivity index (χ0n) is 9.88. The predicted octanol–water partition coefficient (Wildman–Crippen LogP) is 1.24. The first-order chi connectivity index (χ1) is 8.83. The normalized spacial score (nSPS) is 10.0. The van der Waals surface area contributed by atoms with Gasteiger partial charge in [-0.2, -0.15) is 10.2 Å². The highest BCUT2D eigenvalue weighted by Gasteiger charge is 2.04. The standard InChI is InChI=1S/C12H12N4O2/c1-17-11-3-2-9(4-10(11)5-13)6-14-7-12-15-8-18-16-12/h2-4,8,14H,6-7H2,1H3. The Morgan fingerprint density at radius 2 is 2.33 bits per heavy atom. The Labute approximate surface area is 104 Å². The molecule has 18 heavy (non-hydrogen) atoms. The summed E-state index contributed by atoms with van der Waals surface area (Å²) >= 11 is 0. The van der Waals surface area contributed by atoms with Gasteiger partial charge in [-0.3, -0.25) is 0 Å². The Morgan fingerprint density at radius 1 is 1.44 bits per heavy atom. The van der Waals surface area contributed by atoms with E-state index in [0.29, 0.717) is 30.2 Å². The third-order valence-corrected chi connectivity index (χ3v) is 2.40. The highest BCUT2D eigenvalue weighted by molar-refractivity contribution is 5.45. The predicted molar refractivity (Wildman–Crippen MR) is 62.6 cm³/mol. The third-order valence-electron chi connectivity index (χ3n) is 2.40. The number of hydrogen-bond donors (Lipinski definition) is 1. The fraction of sp³-hybridized carbons (Fsp3) is 0.250. The molecule has 1 N–H and O–H groups in total. The molecule has 0 aliphatic rings. The Bertz CT molecular complexity index is 546. The molecule has 0 aliphatic heterocycles. The maximum atomic E-state index is 8.97. The fourth-order valence-corrected chi connectivity index (χ4v) is 1.54. The van der Waals surface area contributed by atoms with Crippen molar-refractivity contribution in [2.45, 2.75) is 13.1 Å². The summed E-state index contributed by atoms with van der Waals surface area (Å²) in [7, 11) is 1.55. The van der Waals surface area contributed by atoms with E-state index in [1.54, 1.807) is 19.2 Å². The lowest BCUT2D eigenvalue weighted by atomic mass is 10.1. The largest absolute Gasteiger partial charge is 0.495 e. The van der Waals surface area contributed by atoms with Gasteiger partial charge < -0.3 is 14.6 Å². The van der Waals surface area contributed by atoms with E-state index >= 15 is 0 Å². The number of nitriles is 1. The third kappa shape index (κ3) is 2.84. The quantitative estimate of drug-likeness (QED) is 0.851. The molecule has 2 aromatic rings. The number of nitrogens with one attached hydrogen (secondary N) is 1. The van der Waals surface area contributed by atoms with Gasteiger partial charge in [0.05, 0.1) is 19.2 Å². The number of rotatable bonds is 5. The lowest BCUT2D eigenvalue weighted by molar-refractivity contribution is 0.407. The number of nitrogens with zero attached hydrogens (tertiary/aromatic N) is 3. The molecule has 0 unspecified atom stereocenters. The van der Waals surface area contributed by atoms with Crippen LogP contribution in [0.15, 0.2) is 29.1 Å². The van der Waals surface area contributed by atoms with E-state index in [1.807, 2.05) is 6.07 Å². The van der Waals surface area contributed by atoms with Crippen LogP contribution in [0.2, 0.25) is 0 Å². The molecule has 0 spiro atoms. The molecule has 0 amide bonds.